The summed E-state index contributed by atoms with van der Waals surface area (Å²) in [6.07, 6.45) is -5.98. The number of benzene rings is 4. The van der Waals surface area contributed by atoms with E-state index in [2.05, 4.69) is 81.4 Å². The molecule has 1 aromatic heterocycles. The van der Waals surface area contributed by atoms with Crippen LogP contribution in [0.3, 0.4) is 0 Å². The number of hydrogen-bond donors (Lipinski definition) is 23. The average molecular weight is 1650 g/mol. The Balaban J connectivity index is 1.53. The van der Waals surface area contributed by atoms with E-state index in [1.807, 2.05) is 6.07 Å². The lowest BCUT2D eigenvalue weighted by atomic mass is 9.92. The Morgan fingerprint density at radius 3 is 1.50 bits per heavy atom. The number of carbonyl (C=O) groups excluding carboxylic acids is 16. The van der Waals surface area contributed by atoms with Crippen molar-refractivity contribution in [2.24, 2.45) is 28.7 Å². The summed E-state index contributed by atoms with van der Waals surface area (Å²) >= 11 is 9.12. The molecule has 630 valence electrons. The normalized spacial score (nSPS) is 14.8. The highest BCUT2D eigenvalue weighted by molar-refractivity contribution is 7.82. The minimum atomic E-state index is -2.10. The van der Waals surface area contributed by atoms with Crippen molar-refractivity contribution >= 4 is 147 Å². The third kappa shape index (κ3) is 30.1. The molecule has 40 heteroatoms. The molecule has 38 nitrogen and oxygen atoms in total. The van der Waals surface area contributed by atoms with Crippen LogP contribution in [0.4, 0.5) is 0 Å². The van der Waals surface area contributed by atoms with Crippen molar-refractivity contribution in [2.45, 2.75) is 207 Å². The van der Waals surface area contributed by atoms with Gasteiger partial charge in [-0.3, -0.25) is 81.5 Å². The highest BCUT2D eigenvalue weighted by Gasteiger charge is 2.44. The van der Waals surface area contributed by atoms with E-state index in [4.69, 9.17) is 41.3 Å². The zero-order chi connectivity index (χ0) is 86.7. The van der Waals surface area contributed by atoms with Crippen molar-refractivity contribution < 1.29 is 96.8 Å². The maximum Gasteiger partial charge on any atom is 0.303 e. The van der Waals surface area contributed by atoms with Crippen LogP contribution < -0.4 is 92.5 Å². The van der Waals surface area contributed by atoms with Crippen molar-refractivity contribution in [3.63, 3.8) is 0 Å². The molecule has 5 aromatic rings. The van der Waals surface area contributed by atoms with Crippen LogP contribution in [0.1, 0.15) is 123 Å². The second-order valence-electron chi connectivity index (χ2n) is 29.3. The quantitative estimate of drug-likeness (QED) is 0.0166. The number of carbonyl (C=O) groups is 17. The lowest BCUT2D eigenvalue weighted by Gasteiger charge is -2.34. The van der Waals surface area contributed by atoms with Gasteiger partial charge in [-0.05, 0) is 126 Å². The van der Waals surface area contributed by atoms with Crippen molar-refractivity contribution in [1.29, 1.82) is 0 Å². The number of hydrogen-bond acceptors (Lipinski definition) is 22. The fourth-order valence-electron chi connectivity index (χ4n) is 12.2. The zero-order valence-electron chi connectivity index (χ0n) is 65.1. The minimum absolute atomic E-state index is 0.00586. The number of amides is 16. The van der Waals surface area contributed by atoms with Gasteiger partial charge in [-0.15, -0.1) is 0 Å². The molecule has 0 unspecified atom stereocenters. The number of aliphatic hydroxyl groups excluding tert-OH is 1. The lowest BCUT2D eigenvalue weighted by molar-refractivity contribution is -0.140. The molecule has 0 radical (unpaired) electrons. The second-order valence-corrected chi connectivity index (χ2v) is 31.6. The third-order valence-corrected chi connectivity index (χ3v) is 18.9. The highest BCUT2D eigenvalue weighted by atomic mass is 32.1. The predicted molar refractivity (Wildman–Crippen MR) is 429 cm³/mol. The Morgan fingerprint density at radius 1 is 0.483 bits per heavy atom. The number of nitrogens with two attached hydrogens (primary N) is 5. The number of carboxylic acid groups (broad SMARTS) is 1. The van der Waals surface area contributed by atoms with Crippen LogP contribution in [-0.4, -0.2) is 215 Å². The van der Waals surface area contributed by atoms with Gasteiger partial charge < -0.3 is 113 Å². The van der Waals surface area contributed by atoms with Gasteiger partial charge in [-0.2, -0.15) is 25.3 Å². The highest BCUT2D eigenvalue weighted by Crippen LogP contribution is 2.25. The van der Waals surface area contributed by atoms with E-state index in [9.17, 15) is 72.9 Å². The molecule has 0 saturated heterocycles. The van der Waals surface area contributed by atoms with Gasteiger partial charge >= 0.3 is 5.97 Å². The number of aliphatic carboxylic acids is 1. The van der Waals surface area contributed by atoms with Gasteiger partial charge in [0.2, 0.25) is 94.5 Å². The van der Waals surface area contributed by atoms with Gasteiger partial charge in [0.05, 0.1) is 19.1 Å². The topological polar surface area (TPSA) is 641 Å². The first-order chi connectivity index (χ1) is 54.3. The number of phenols is 1. The predicted octanol–water partition coefficient (Wildman–Crippen LogP) is -3.79. The molecule has 0 fully saturated rings. The lowest BCUT2D eigenvalue weighted by Crippen LogP contribution is -2.65. The fraction of sp³-hybridized carbons (Fsp3) is 0.461. The second kappa shape index (κ2) is 43.5. The molecule has 26 N–H and O–H groups in total. The molecule has 0 aliphatic carbocycles. The largest absolute Gasteiger partial charge is 0.508 e. The summed E-state index contributed by atoms with van der Waals surface area (Å²) in [6, 6.07) is 7.10. The summed E-state index contributed by atoms with van der Waals surface area (Å²) in [7, 11) is 0. The molecule has 0 spiro atoms. The van der Waals surface area contributed by atoms with E-state index in [-0.39, 0.29) is 38.0 Å². The first kappa shape index (κ1) is 94.7. The van der Waals surface area contributed by atoms with Gasteiger partial charge in [0.25, 0.3) is 0 Å². The Morgan fingerprint density at radius 2 is 0.948 bits per heavy atom. The van der Waals surface area contributed by atoms with Crippen molar-refractivity contribution in [2.75, 3.05) is 13.1 Å². The number of carboxylic acids is 1. The monoisotopic (exact) mass is 1650 g/mol. The van der Waals surface area contributed by atoms with E-state index in [0.717, 1.165) is 19.2 Å². The van der Waals surface area contributed by atoms with Crippen molar-refractivity contribution in [3.8, 4) is 5.75 Å². The standard InChI is InChI=1S/C76H104N18O20S2/c1-38(95)60(92-65(106)48(23-26-55(78)98)86-71(112)61(74(3,4)115)84-39(2)96)70(111)89-53(34-44-36-82-47-16-11-10-15-46(44)47)68(109)85-49(24-27-56(79)99)66(107)93-62(75(5,6)116)72(113)90-51(32-40-18-21-45(97)22-19-40)67(108)87-52(33-41-17-20-42-13-8-9-14-43(42)31-41)69(110)94-76(7,29-12-30-77)73(114)91-50(25-28-59(102)103)64(105)88-54(35-57(80)100)63(104)83-37-58(81)101/h8-11,13-22,31,36,38,48-54,60-62,82,95,97,115-116H,12,23-30,32-35,37,77H2,1-7H3,(H2,78,98)(H2,79,99)(H2,80,100)(H2,81,101)(H,83,104)(H,84,96)(H,85,109)(H,86,112)(H,87,108)(H,88,105)(H,89,111)(H,90,113)(H,91,114)(H,92,106)(H,93,107)(H,94,110)(H,102,103)/t38-,48+,49+,50+,51+,52+,53+,54+,60+,61-,62-,76+/m1/s1. The molecule has 16 amide bonds. The summed E-state index contributed by atoms with van der Waals surface area (Å²) in [4.78, 5) is 236. The number of phenolic OH excluding ortho intramolecular Hbond substituents is 1. The van der Waals surface area contributed by atoms with E-state index in [1.165, 1.54) is 65.1 Å². The minimum Gasteiger partial charge on any atom is -0.508 e. The molecule has 4 aromatic carbocycles. The third-order valence-electron chi connectivity index (χ3n) is 18.4. The SMILES string of the molecule is CC(=O)N[C@H](C(=O)N[C@@H](CCC(N)=O)C(=O)N[C@H](C(=O)N[C@@H](Cc1c[nH]c2ccccc12)C(=O)N[C@@H](CCC(N)=O)C(=O)N[C@H](C(=O)N[C@@H](Cc1ccc(O)cc1)C(=O)N[C@@H](Cc1ccc2ccccc2c1)C(=O)N[C@@](C)(CCCN)C(=O)N[C@@H](CCC(=O)O)C(=O)N[C@@H](CC(N)=O)C(=O)NCC(N)=O)C(C)(C)S)[C@@H](C)O)C(C)(C)S. The zero-order valence-corrected chi connectivity index (χ0v) is 66.8. The van der Waals surface area contributed by atoms with Crippen LogP contribution in [0.25, 0.3) is 21.7 Å². The van der Waals surface area contributed by atoms with Crippen LogP contribution in [0.15, 0.2) is 97.2 Å². The van der Waals surface area contributed by atoms with Crippen LogP contribution in [0.5, 0.6) is 5.75 Å². The molecule has 0 saturated carbocycles. The number of H-pyrrole nitrogens is 1. The number of aliphatic hydroxyl groups is 1. The number of aromatic amines is 1. The van der Waals surface area contributed by atoms with Crippen LogP contribution in [0, 0.1) is 0 Å². The number of primary amides is 4. The molecule has 0 aliphatic rings. The number of thiol groups is 2. The number of aromatic nitrogens is 1. The van der Waals surface area contributed by atoms with Gasteiger partial charge in [0.1, 0.15) is 71.7 Å². The first-order valence-corrected chi connectivity index (χ1v) is 37.8. The summed E-state index contributed by atoms with van der Waals surface area (Å²) in [6.45, 7) is 8.48. The number of para-hydroxylation sites is 1. The molecule has 5 rings (SSSR count). The molecular formula is C76H104N18O20S2. The summed E-state index contributed by atoms with van der Waals surface area (Å²) < 4.78 is -2.86. The van der Waals surface area contributed by atoms with Crippen LogP contribution in [0.2, 0.25) is 0 Å². The molecular weight excluding hydrogens is 1550 g/mol. The van der Waals surface area contributed by atoms with Gasteiger partial charge in [-0.1, -0.05) is 72.8 Å². The summed E-state index contributed by atoms with van der Waals surface area (Å²) in [5.74, 6) is -18.5. The smallest absolute Gasteiger partial charge is 0.303 e. The van der Waals surface area contributed by atoms with E-state index >= 15 is 24.0 Å². The van der Waals surface area contributed by atoms with Crippen molar-refractivity contribution in [3.05, 3.63) is 114 Å². The Hall–Kier alpha value is -11.9. The van der Waals surface area contributed by atoms with E-state index in [1.54, 1.807) is 60.7 Å². The fourth-order valence-corrected chi connectivity index (χ4v) is 12.5. The van der Waals surface area contributed by atoms with Gasteiger partial charge in [-0.25, -0.2) is 0 Å². The number of aromatic hydroxyl groups is 1. The molecule has 0 aliphatic heterocycles. The first-order valence-electron chi connectivity index (χ1n) is 36.9. The van der Waals surface area contributed by atoms with Gasteiger partial charge in [0, 0.05) is 72.0 Å². The molecule has 1 heterocycles. The maximum atomic E-state index is 15.4. The van der Waals surface area contributed by atoms with Crippen LogP contribution in [-0.2, 0) is 101 Å². The molecule has 0 bridgehead atoms. The summed E-state index contributed by atoms with van der Waals surface area (Å²) in [5, 5.41) is 62.9. The summed E-state index contributed by atoms with van der Waals surface area (Å²) in [5.41, 5.74) is 27.1. The molecule has 12 atom stereocenters. The Kier molecular flexibility index (Phi) is 35.5. The van der Waals surface area contributed by atoms with E-state index in [0.29, 0.717) is 33.0 Å². The average Bonchev–Trinajstić information content (AvgIpc) is 1.47. The number of rotatable bonds is 47. The van der Waals surface area contributed by atoms with Gasteiger partial charge in [0.15, 0.2) is 0 Å². The molecule has 116 heavy (non-hydrogen) atoms. The Labute approximate surface area is 678 Å². The number of nitrogens with one attached hydrogen (secondary N) is 13. The maximum absolute atomic E-state index is 15.4. The van der Waals surface area contributed by atoms with Crippen molar-refractivity contribution in [1.82, 2.24) is 68.8 Å². The van der Waals surface area contributed by atoms with E-state index < -0.39 is 240 Å². The number of fused-ring (bicyclic) bond motifs is 2. The Bertz CT molecular complexity index is 4440. The van der Waals surface area contributed by atoms with Crippen LogP contribution >= 0.6 is 25.3 Å².